The monoisotopic (exact) mass is 401 g/mol. The number of hydrogen-bond donors (Lipinski definition) is 0. The number of rotatable bonds is 9. The van der Waals surface area contributed by atoms with Crippen molar-refractivity contribution in [2.45, 2.75) is 19.8 Å². The molecule has 156 valence electrons. The van der Waals surface area contributed by atoms with E-state index in [1.165, 1.54) is 29.8 Å². The molecule has 0 aliphatic carbocycles. The molecule has 3 nitrogen and oxygen atoms in total. The van der Waals surface area contributed by atoms with Crippen LogP contribution in [0.15, 0.2) is 54.1 Å². The van der Waals surface area contributed by atoms with Gasteiger partial charge in [-0.2, -0.15) is 0 Å². The van der Waals surface area contributed by atoms with E-state index in [2.05, 4.69) is 4.90 Å². The molecule has 3 rings (SSSR count). The molecule has 2 aromatic rings. The van der Waals surface area contributed by atoms with Crippen LogP contribution in [0.1, 0.15) is 30.9 Å². The summed E-state index contributed by atoms with van der Waals surface area (Å²) < 4.78 is 37.7. The SMILES string of the molecule is CCOCCOCCN1CCC(=C(c2ccc(F)cc2)c2ccc(F)cc2)CC1. The first-order chi connectivity index (χ1) is 14.2. The maximum atomic E-state index is 13.4. The van der Waals surface area contributed by atoms with Crippen LogP contribution in [-0.4, -0.2) is 51.0 Å². The quantitative estimate of drug-likeness (QED) is 0.557. The van der Waals surface area contributed by atoms with E-state index >= 15 is 0 Å². The number of likely N-dealkylation sites (tertiary alicyclic amines) is 1. The second-order valence-electron chi connectivity index (χ2n) is 7.14. The average molecular weight is 401 g/mol. The second-order valence-corrected chi connectivity index (χ2v) is 7.14. The van der Waals surface area contributed by atoms with Gasteiger partial charge in [-0.15, -0.1) is 0 Å². The summed E-state index contributed by atoms with van der Waals surface area (Å²) in [6, 6.07) is 13.1. The normalized spacial score (nSPS) is 14.9. The Bertz CT molecular complexity index is 730. The van der Waals surface area contributed by atoms with Gasteiger partial charge in [-0.3, -0.25) is 0 Å². The predicted octanol–water partition coefficient (Wildman–Crippen LogP) is 4.92. The second kappa shape index (κ2) is 11.2. The van der Waals surface area contributed by atoms with Gasteiger partial charge in [0.1, 0.15) is 11.6 Å². The summed E-state index contributed by atoms with van der Waals surface area (Å²) in [5.41, 5.74) is 4.37. The number of nitrogens with zero attached hydrogens (tertiary/aromatic N) is 1. The number of piperidine rings is 1. The van der Waals surface area contributed by atoms with E-state index in [0.717, 1.165) is 55.8 Å². The molecule has 1 heterocycles. The van der Waals surface area contributed by atoms with Crippen molar-refractivity contribution in [1.82, 2.24) is 4.90 Å². The van der Waals surface area contributed by atoms with Crippen molar-refractivity contribution >= 4 is 5.57 Å². The highest BCUT2D eigenvalue weighted by molar-refractivity contribution is 5.82. The van der Waals surface area contributed by atoms with Crippen LogP contribution in [-0.2, 0) is 9.47 Å². The molecule has 0 atom stereocenters. The van der Waals surface area contributed by atoms with Crippen LogP contribution in [0.4, 0.5) is 8.78 Å². The fourth-order valence-electron chi connectivity index (χ4n) is 3.66. The molecule has 1 aliphatic rings. The summed E-state index contributed by atoms with van der Waals surface area (Å²) in [7, 11) is 0. The minimum atomic E-state index is -0.253. The van der Waals surface area contributed by atoms with E-state index in [0.29, 0.717) is 19.8 Å². The molecule has 0 saturated carbocycles. The van der Waals surface area contributed by atoms with Gasteiger partial charge >= 0.3 is 0 Å². The van der Waals surface area contributed by atoms with Crippen molar-refractivity contribution in [2.24, 2.45) is 0 Å². The summed E-state index contributed by atoms with van der Waals surface area (Å²) in [5.74, 6) is -0.507. The first-order valence-electron chi connectivity index (χ1n) is 10.3. The Balaban J connectivity index is 1.66. The fourth-order valence-corrected chi connectivity index (χ4v) is 3.66. The van der Waals surface area contributed by atoms with Crippen molar-refractivity contribution in [3.8, 4) is 0 Å². The Morgan fingerprint density at radius 3 is 1.83 bits per heavy atom. The zero-order valence-corrected chi connectivity index (χ0v) is 17.0. The van der Waals surface area contributed by atoms with E-state index < -0.39 is 0 Å². The maximum Gasteiger partial charge on any atom is 0.123 e. The van der Waals surface area contributed by atoms with Gasteiger partial charge in [0.2, 0.25) is 0 Å². The summed E-state index contributed by atoms with van der Waals surface area (Å²) in [6.07, 6.45) is 1.87. The third kappa shape index (κ3) is 6.46. The Kier molecular flexibility index (Phi) is 8.35. The summed E-state index contributed by atoms with van der Waals surface area (Å²) >= 11 is 0. The summed E-state index contributed by atoms with van der Waals surface area (Å²) in [6.45, 7) is 7.48. The van der Waals surface area contributed by atoms with E-state index in [1.807, 2.05) is 6.92 Å². The lowest BCUT2D eigenvalue weighted by Crippen LogP contribution is -2.34. The first-order valence-corrected chi connectivity index (χ1v) is 10.3. The average Bonchev–Trinajstić information content (AvgIpc) is 2.74. The van der Waals surface area contributed by atoms with Gasteiger partial charge in [-0.1, -0.05) is 29.8 Å². The van der Waals surface area contributed by atoms with Crippen LogP contribution < -0.4 is 0 Å². The minimum Gasteiger partial charge on any atom is -0.379 e. The smallest absolute Gasteiger partial charge is 0.123 e. The van der Waals surface area contributed by atoms with E-state index in [4.69, 9.17) is 9.47 Å². The van der Waals surface area contributed by atoms with E-state index in [-0.39, 0.29) is 11.6 Å². The molecule has 0 aromatic heterocycles. The Morgan fingerprint density at radius 1 is 0.793 bits per heavy atom. The van der Waals surface area contributed by atoms with Crippen molar-refractivity contribution in [1.29, 1.82) is 0 Å². The van der Waals surface area contributed by atoms with Crippen molar-refractivity contribution in [2.75, 3.05) is 46.1 Å². The van der Waals surface area contributed by atoms with Gasteiger partial charge in [0.25, 0.3) is 0 Å². The molecule has 29 heavy (non-hydrogen) atoms. The standard InChI is InChI=1S/C24H29F2NO2/c1-2-28-17-18-29-16-15-27-13-11-21(12-14-27)24(19-3-7-22(25)8-4-19)20-5-9-23(26)10-6-20/h3-10H,2,11-18H2,1H3. The molecule has 1 fully saturated rings. The molecule has 0 N–H and O–H groups in total. The third-order valence-corrected chi connectivity index (χ3v) is 5.21. The van der Waals surface area contributed by atoms with Crippen molar-refractivity contribution in [3.63, 3.8) is 0 Å². The topological polar surface area (TPSA) is 21.7 Å². The molecule has 0 unspecified atom stereocenters. The lowest BCUT2D eigenvalue weighted by atomic mass is 9.88. The molecule has 1 saturated heterocycles. The Labute approximate surface area is 171 Å². The van der Waals surface area contributed by atoms with Crippen LogP contribution >= 0.6 is 0 Å². The molecule has 0 bridgehead atoms. The van der Waals surface area contributed by atoms with Crippen LogP contribution in [0.25, 0.3) is 5.57 Å². The van der Waals surface area contributed by atoms with Crippen molar-refractivity contribution in [3.05, 3.63) is 76.9 Å². The van der Waals surface area contributed by atoms with Gasteiger partial charge in [0, 0.05) is 26.2 Å². The van der Waals surface area contributed by atoms with E-state index in [1.54, 1.807) is 24.3 Å². The highest BCUT2D eigenvalue weighted by atomic mass is 19.1. The fraction of sp³-hybridized carbons (Fsp3) is 0.417. The van der Waals surface area contributed by atoms with Crippen LogP contribution in [0.5, 0.6) is 0 Å². The molecule has 2 aromatic carbocycles. The Morgan fingerprint density at radius 2 is 1.31 bits per heavy atom. The third-order valence-electron chi connectivity index (χ3n) is 5.21. The van der Waals surface area contributed by atoms with Crippen LogP contribution in [0, 0.1) is 11.6 Å². The first kappa shape index (κ1) is 21.6. The van der Waals surface area contributed by atoms with Crippen LogP contribution in [0.2, 0.25) is 0 Å². The molecule has 0 radical (unpaired) electrons. The predicted molar refractivity (Wildman–Crippen MR) is 112 cm³/mol. The molecule has 1 aliphatic heterocycles. The zero-order chi connectivity index (χ0) is 20.5. The summed E-state index contributed by atoms with van der Waals surface area (Å²) in [4.78, 5) is 2.40. The zero-order valence-electron chi connectivity index (χ0n) is 17.0. The van der Waals surface area contributed by atoms with E-state index in [9.17, 15) is 8.78 Å². The van der Waals surface area contributed by atoms with Gasteiger partial charge in [-0.05, 0) is 60.7 Å². The molecule has 5 heteroatoms. The minimum absolute atomic E-state index is 0.253. The maximum absolute atomic E-state index is 13.4. The van der Waals surface area contributed by atoms with Gasteiger partial charge in [-0.25, -0.2) is 8.78 Å². The number of halogens is 2. The molecular formula is C24H29F2NO2. The van der Waals surface area contributed by atoms with Crippen molar-refractivity contribution < 1.29 is 18.3 Å². The van der Waals surface area contributed by atoms with Gasteiger partial charge < -0.3 is 14.4 Å². The number of benzene rings is 2. The highest BCUT2D eigenvalue weighted by Gasteiger charge is 2.19. The lowest BCUT2D eigenvalue weighted by molar-refractivity contribution is 0.0420. The Hall–Kier alpha value is -2.08. The highest BCUT2D eigenvalue weighted by Crippen LogP contribution is 2.32. The van der Waals surface area contributed by atoms with Crippen LogP contribution in [0.3, 0.4) is 0 Å². The summed E-state index contributed by atoms with van der Waals surface area (Å²) in [5, 5.41) is 0. The number of hydrogen-bond acceptors (Lipinski definition) is 3. The van der Waals surface area contributed by atoms with Gasteiger partial charge in [0.05, 0.1) is 19.8 Å². The molecular weight excluding hydrogens is 372 g/mol. The lowest BCUT2D eigenvalue weighted by Gasteiger charge is -2.30. The molecule has 0 amide bonds. The number of ether oxygens (including phenoxy) is 2. The molecule has 0 spiro atoms. The largest absolute Gasteiger partial charge is 0.379 e. The van der Waals surface area contributed by atoms with Gasteiger partial charge in [0.15, 0.2) is 0 Å².